The highest BCUT2D eigenvalue weighted by Gasteiger charge is 2.43. The van der Waals surface area contributed by atoms with Crippen LogP contribution in [0.3, 0.4) is 0 Å². The maximum atomic E-state index is 6.18. The second kappa shape index (κ2) is 11.6. The lowest BCUT2D eigenvalue weighted by molar-refractivity contribution is 0.0859. The zero-order valence-electron chi connectivity index (χ0n) is 20.9. The van der Waals surface area contributed by atoms with Crippen LogP contribution in [0.15, 0.2) is 115 Å². The quantitative estimate of drug-likeness (QED) is 0.308. The Morgan fingerprint density at radius 1 is 0.457 bits per heavy atom. The molecule has 0 aliphatic carbocycles. The summed E-state index contributed by atoms with van der Waals surface area (Å²) < 4.78 is 18.5. The zero-order chi connectivity index (χ0) is 24.6. The molecule has 0 heterocycles. The number of hydrogen-bond donors (Lipinski definition) is 0. The Bertz CT molecular complexity index is 1050. The Morgan fingerprint density at radius 2 is 0.771 bits per heavy atom. The molecule has 0 aliphatic rings. The average Bonchev–Trinajstić information content (AvgIpc) is 2.92. The highest BCUT2D eigenvalue weighted by atomic mass is 28.4. The van der Waals surface area contributed by atoms with Gasteiger partial charge in [0, 0.05) is 25.0 Å². The van der Waals surface area contributed by atoms with Gasteiger partial charge in [-0.25, -0.2) is 0 Å². The molecule has 3 nitrogen and oxygen atoms in total. The lowest BCUT2D eigenvalue weighted by Crippen LogP contribution is -2.75. The number of hydrogen-bond acceptors (Lipinski definition) is 3. The van der Waals surface area contributed by atoms with E-state index >= 15 is 0 Å². The van der Waals surface area contributed by atoms with E-state index in [1.165, 1.54) is 21.9 Å². The van der Waals surface area contributed by atoms with Gasteiger partial charge in [0.25, 0.3) is 0 Å². The van der Waals surface area contributed by atoms with E-state index in [9.17, 15) is 0 Å². The predicted octanol–water partition coefficient (Wildman–Crippen LogP) is 3.32. The highest BCUT2D eigenvalue weighted by molar-refractivity contribution is 7.19. The molecular weight excluding hydrogens is 447 g/mol. The monoisotopic (exact) mass is 481 g/mol. The van der Waals surface area contributed by atoms with Crippen molar-refractivity contribution in [3.8, 4) is 0 Å². The molecule has 0 radical (unpaired) electrons. The van der Waals surface area contributed by atoms with E-state index in [0.29, 0.717) is 19.8 Å². The normalized spacial score (nSPS) is 12.0. The summed E-state index contributed by atoms with van der Waals surface area (Å²) in [4.78, 5) is 0. The van der Waals surface area contributed by atoms with Gasteiger partial charge >= 0.3 is 8.80 Å². The predicted molar refractivity (Wildman–Crippen MR) is 150 cm³/mol. The molecule has 0 amide bonds. The molecule has 35 heavy (non-hydrogen) atoms. The molecule has 0 atom stereocenters. The molecule has 0 saturated carbocycles. The van der Waals surface area contributed by atoms with Gasteiger partial charge in [-0.2, -0.15) is 21.9 Å². The Morgan fingerprint density at radius 3 is 1.09 bits per heavy atom. The Labute approximate surface area is 211 Å². The summed E-state index contributed by atoms with van der Waals surface area (Å²) in [6.45, 7) is 7.59. The van der Waals surface area contributed by atoms with Gasteiger partial charge in [0.15, 0.2) is 0 Å². The summed E-state index contributed by atoms with van der Waals surface area (Å²) >= 11 is 0. The third-order valence-corrected chi connectivity index (χ3v) is 9.71. The van der Waals surface area contributed by atoms with Gasteiger partial charge in [0.2, 0.25) is 0 Å². The van der Waals surface area contributed by atoms with Crippen molar-refractivity contribution in [2.24, 2.45) is 0 Å². The van der Waals surface area contributed by atoms with E-state index < -0.39 is 15.0 Å². The molecule has 0 aromatic heterocycles. The lowest BCUT2D eigenvalue weighted by Gasteiger charge is -2.44. The first-order valence-electron chi connectivity index (χ1n) is 12.6. The second-order valence-electron chi connectivity index (χ2n) is 8.58. The van der Waals surface area contributed by atoms with Crippen LogP contribution in [0.5, 0.6) is 0 Å². The molecule has 0 fully saturated rings. The maximum Gasteiger partial charge on any atom is 0.537 e. The topological polar surface area (TPSA) is 27.7 Å². The van der Waals surface area contributed by atoms with E-state index in [1.54, 1.807) is 0 Å². The summed E-state index contributed by atoms with van der Waals surface area (Å²) in [5.41, 5.74) is 5.08. The minimum Gasteiger partial charge on any atom is -0.370 e. The Balaban J connectivity index is 1.96. The fourth-order valence-electron chi connectivity index (χ4n) is 5.30. The van der Waals surface area contributed by atoms with E-state index in [4.69, 9.17) is 13.3 Å². The summed E-state index contributed by atoms with van der Waals surface area (Å²) in [5, 5.41) is 0.991. The van der Waals surface area contributed by atoms with Gasteiger partial charge in [-0.1, -0.05) is 115 Å². The smallest absolute Gasteiger partial charge is 0.370 e. The molecule has 0 bridgehead atoms. The van der Waals surface area contributed by atoms with Crippen LogP contribution in [-0.4, -0.2) is 34.8 Å². The van der Waals surface area contributed by atoms with Crippen LogP contribution < -0.4 is 27.0 Å². The standard InChI is InChI=1S/C30H34BO3Si/c1-4-32-35(33-5-2,34-6-3)30-24-22-29(23-25-30)31(26-16-10-7-11-17-26,27-18-12-8-13-19-27)28-20-14-9-15-21-28/h7-25H,4-6H2,1-3H3/q-1. The molecule has 4 aromatic carbocycles. The van der Waals surface area contributed by atoms with Crippen molar-refractivity contribution in [2.75, 3.05) is 19.8 Å². The van der Waals surface area contributed by atoms with Crippen LogP contribution >= 0.6 is 0 Å². The lowest BCUT2D eigenvalue weighted by atomic mass is 9.13. The van der Waals surface area contributed by atoms with E-state index in [0.717, 1.165) is 5.19 Å². The summed E-state index contributed by atoms with van der Waals surface area (Å²) in [7, 11) is -2.98. The largest absolute Gasteiger partial charge is 0.537 e. The second-order valence-corrected chi connectivity index (χ2v) is 11.1. The van der Waals surface area contributed by atoms with Gasteiger partial charge in [-0.15, -0.1) is 0 Å². The third-order valence-electron chi connectivity index (χ3n) is 6.67. The molecule has 0 N–H and O–H groups in total. The van der Waals surface area contributed by atoms with E-state index in [1.807, 2.05) is 20.8 Å². The van der Waals surface area contributed by atoms with Crippen molar-refractivity contribution in [3.05, 3.63) is 115 Å². The Hall–Kier alpha value is -2.96. The molecule has 0 unspecified atom stereocenters. The van der Waals surface area contributed by atoms with Crippen LogP contribution in [0.2, 0.25) is 0 Å². The number of benzene rings is 4. The van der Waals surface area contributed by atoms with Gasteiger partial charge < -0.3 is 13.3 Å². The van der Waals surface area contributed by atoms with Crippen molar-refractivity contribution in [1.29, 1.82) is 0 Å². The average molecular weight is 481 g/mol. The van der Waals surface area contributed by atoms with Crippen molar-refractivity contribution in [1.82, 2.24) is 0 Å². The number of rotatable bonds is 11. The SMILES string of the molecule is CCO[Si](OCC)(OCC)c1ccc([B-](c2ccccc2)(c2ccccc2)c2ccccc2)cc1. The maximum absolute atomic E-state index is 6.18. The first-order valence-corrected chi connectivity index (χ1v) is 14.3. The molecule has 4 aromatic rings. The molecule has 0 aliphatic heterocycles. The molecule has 0 saturated heterocycles. The summed E-state index contributed by atoms with van der Waals surface area (Å²) in [5.74, 6) is 0. The molecule has 4 rings (SSSR count). The first-order chi connectivity index (χ1) is 17.2. The van der Waals surface area contributed by atoms with Crippen LogP contribution in [-0.2, 0) is 13.3 Å². The van der Waals surface area contributed by atoms with E-state index in [2.05, 4.69) is 115 Å². The van der Waals surface area contributed by atoms with E-state index in [-0.39, 0.29) is 0 Å². The van der Waals surface area contributed by atoms with Gasteiger partial charge in [0.05, 0.1) is 0 Å². The van der Waals surface area contributed by atoms with Crippen LogP contribution in [0.1, 0.15) is 20.8 Å². The van der Waals surface area contributed by atoms with Crippen molar-refractivity contribution in [2.45, 2.75) is 20.8 Å². The summed E-state index contributed by atoms with van der Waals surface area (Å²) in [6.07, 6.45) is -1.41. The molecule has 5 heteroatoms. The van der Waals surface area contributed by atoms with Crippen LogP contribution in [0.25, 0.3) is 0 Å². The minimum atomic E-state index is -2.98. The molecular formula is C30H34BO3Si-. The van der Waals surface area contributed by atoms with Gasteiger partial charge in [-0.05, 0) is 20.8 Å². The third kappa shape index (κ3) is 4.91. The first kappa shape index (κ1) is 25.1. The van der Waals surface area contributed by atoms with Gasteiger partial charge in [-0.3, -0.25) is 0 Å². The van der Waals surface area contributed by atoms with Crippen molar-refractivity contribution in [3.63, 3.8) is 0 Å². The van der Waals surface area contributed by atoms with Gasteiger partial charge in [0.1, 0.15) is 6.15 Å². The fourth-order valence-corrected chi connectivity index (χ4v) is 7.77. The van der Waals surface area contributed by atoms with Crippen molar-refractivity contribution < 1.29 is 13.3 Å². The Kier molecular flexibility index (Phi) is 8.37. The molecule has 0 spiro atoms. The zero-order valence-corrected chi connectivity index (χ0v) is 21.9. The summed E-state index contributed by atoms with van der Waals surface area (Å²) in [6, 6.07) is 41.2. The van der Waals surface area contributed by atoms with Crippen LogP contribution in [0.4, 0.5) is 0 Å². The molecule has 180 valence electrons. The van der Waals surface area contributed by atoms with Crippen LogP contribution in [0, 0.1) is 0 Å². The highest BCUT2D eigenvalue weighted by Crippen LogP contribution is 2.13. The minimum absolute atomic E-state index is 0.542. The van der Waals surface area contributed by atoms with Crippen molar-refractivity contribution >= 4 is 42.0 Å². The fraction of sp³-hybridized carbons (Fsp3) is 0.200.